The quantitative estimate of drug-likeness (QED) is 0.765. The molecule has 0 saturated carbocycles. The number of benzene rings is 1. The van der Waals surface area contributed by atoms with E-state index in [2.05, 4.69) is 0 Å². The number of allylic oxidation sites excluding steroid dienone is 1. The molecule has 5 nitrogen and oxygen atoms in total. The lowest BCUT2D eigenvalue weighted by Gasteiger charge is -2.24. The molecule has 0 bridgehead atoms. The number of hydrogen-bond acceptors (Lipinski definition) is 4. The van der Waals surface area contributed by atoms with Crippen molar-refractivity contribution in [1.82, 2.24) is 9.80 Å². The van der Waals surface area contributed by atoms with Crippen LogP contribution in [0.1, 0.15) is 12.5 Å². The van der Waals surface area contributed by atoms with Gasteiger partial charge in [0.15, 0.2) is 0 Å². The highest BCUT2D eigenvalue weighted by atomic mass is 32.2. The van der Waals surface area contributed by atoms with Gasteiger partial charge in [-0.25, -0.2) is 0 Å². The molecular formula is C18H24N2O3S. The van der Waals surface area contributed by atoms with E-state index in [4.69, 9.17) is 4.74 Å². The van der Waals surface area contributed by atoms with Gasteiger partial charge in [-0.2, -0.15) is 0 Å². The van der Waals surface area contributed by atoms with Crippen LogP contribution in [0.4, 0.5) is 0 Å². The SMILES string of the molecule is COc1ccccc1CC(C)=CC(=O)N1CSCC1C(=O)N(C)C. The normalized spacial score (nSPS) is 17.8. The lowest BCUT2D eigenvalue weighted by Crippen LogP contribution is -2.46. The Morgan fingerprint density at radius 1 is 1.38 bits per heavy atom. The molecule has 0 N–H and O–H groups in total. The molecule has 1 aliphatic rings. The smallest absolute Gasteiger partial charge is 0.247 e. The standard InChI is InChI=1S/C18H24N2O3S/c1-13(9-14-7-5-6-8-16(14)23-4)10-17(21)20-12-24-11-15(20)18(22)19(2)3/h5-8,10,15H,9,11-12H2,1-4H3. The fourth-order valence-electron chi connectivity index (χ4n) is 2.66. The van der Waals surface area contributed by atoms with Gasteiger partial charge in [0.05, 0.1) is 13.0 Å². The summed E-state index contributed by atoms with van der Waals surface area (Å²) in [4.78, 5) is 28.0. The van der Waals surface area contributed by atoms with E-state index in [0.717, 1.165) is 16.9 Å². The number of carbonyl (C=O) groups is 2. The van der Waals surface area contributed by atoms with Gasteiger partial charge in [-0.15, -0.1) is 11.8 Å². The Balaban J connectivity index is 2.09. The van der Waals surface area contributed by atoms with E-state index in [1.165, 1.54) is 0 Å². The Morgan fingerprint density at radius 2 is 2.08 bits per heavy atom. The van der Waals surface area contributed by atoms with Gasteiger partial charge in [0.25, 0.3) is 0 Å². The number of para-hydroxylation sites is 1. The highest BCUT2D eigenvalue weighted by Crippen LogP contribution is 2.24. The molecule has 1 fully saturated rings. The molecule has 1 saturated heterocycles. The number of carbonyl (C=O) groups excluding carboxylic acids is 2. The molecule has 0 radical (unpaired) electrons. The lowest BCUT2D eigenvalue weighted by molar-refractivity contribution is -0.139. The maximum atomic E-state index is 12.6. The molecule has 130 valence electrons. The third kappa shape index (κ3) is 4.32. The molecular weight excluding hydrogens is 324 g/mol. The summed E-state index contributed by atoms with van der Waals surface area (Å²) < 4.78 is 5.35. The summed E-state index contributed by atoms with van der Waals surface area (Å²) in [6.07, 6.45) is 2.28. The van der Waals surface area contributed by atoms with Crippen molar-refractivity contribution in [1.29, 1.82) is 0 Å². The minimum atomic E-state index is -0.368. The highest BCUT2D eigenvalue weighted by molar-refractivity contribution is 7.99. The highest BCUT2D eigenvalue weighted by Gasteiger charge is 2.34. The molecule has 0 spiro atoms. The van der Waals surface area contributed by atoms with Crippen LogP contribution in [0.5, 0.6) is 5.75 Å². The van der Waals surface area contributed by atoms with Crippen LogP contribution in [-0.2, 0) is 16.0 Å². The minimum absolute atomic E-state index is 0.0240. The molecule has 1 aromatic rings. The summed E-state index contributed by atoms with van der Waals surface area (Å²) in [5, 5.41) is 0. The summed E-state index contributed by atoms with van der Waals surface area (Å²) in [5.41, 5.74) is 1.98. The molecule has 2 rings (SSSR count). The topological polar surface area (TPSA) is 49.9 Å². The predicted molar refractivity (Wildman–Crippen MR) is 97.1 cm³/mol. The first-order chi connectivity index (χ1) is 11.4. The van der Waals surface area contributed by atoms with Gasteiger partial charge in [-0.3, -0.25) is 9.59 Å². The van der Waals surface area contributed by atoms with E-state index in [0.29, 0.717) is 18.1 Å². The van der Waals surface area contributed by atoms with Gasteiger partial charge in [0.1, 0.15) is 11.8 Å². The molecule has 1 aliphatic heterocycles. The molecule has 24 heavy (non-hydrogen) atoms. The Labute approximate surface area is 147 Å². The van der Waals surface area contributed by atoms with Crippen LogP contribution in [0.15, 0.2) is 35.9 Å². The van der Waals surface area contributed by atoms with Gasteiger partial charge >= 0.3 is 0 Å². The molecule has 2 amide bonds. The van der Waals surface area contributed by atoms with Gasteiger partial charge in [-0.1, -0.05) is 23.8 Å². The second kappa shape index (κ2) is 8.24. The molecule has 0 aromatic heterocycles. The van der Waals surface area contributed by atoms with E-state index >= 15 is 0 Å². The minimum Gasteiger partial charge on any atom is -0.496 e. The largest absolute Gasteiger partial charge is 0.496 e. The summed E-state index contributed by atoms with van der Waals surface area (Å²) in [6.45, 7) is 1.93. The predicted octanol–water partition coefficient (Wildman–Crippen LogP) is 2.17. The van der Waals surface area contributed by atoms with E-state index < -0.39 is 0 Å². The maximum absolute atomic E-state index is 12.6. The molecule has 6 heteroatoms. The van der Waals surface area contributed by atoms with Gasteiger partial charge < -0.3 is 14.5 Å². The van der Waals surface area contributed by atoms with Crippen molar-refractivity contribution in [3.05, 3.63) is 41.5 Å². The fraction of sp³-hybridized carbons (Fsp3) is 0.444. The number of hydrogen-bond donors (Lipinski definition) is 0. The van der Waals surface area contributed by atoms with Crippen LogP contribution >= 0.6 is 11.8 Å². The van der Waals surface area contributed by atoms with Crippen LogP contribution in [-0.4, -0.2) is 60.5 Å². The number of amides is 2. The van der Waals surface area contributed by atoms with Crippen molar-refractivity contribution < 1.29 is 14.3 Å². The zero-order valence-electron chi connectivity index (χ0n) is 14.6. The van der Waals surface area contributed by atoms with Crippen LogP contribution < -0.4 is 4.74 Å². The number of methoxy groups -OCH3 is 1. The Morgan fingerprint density at radius 3 is 2.75 bits per heavy atom. The number of thioether (sulfide) groups is 1. The first-order valence-corrected chi connectivity index (χ1v) is 8.98. The first kappa shape index (κ1) is 18.4. The van der Waals surface area contributed by atoms with E-state index in [-0.39, 0.29) is 17.9 Å². The molecule has 0 aliphatic carbocycles. The van der Waals surface area contributed by atoms with Gasteiger partial charge in [-0.05, 0) is 25.0 Å². The van der Waals surface area contributed by atoms with Gasteiger partial charge in [0.2, 0.25) is 11.8 Å². The molecule has 1 unspecified atom stereocenters. The Bertz CT molecular complexity index is 643. The molecule has 1 atom stereocenters. The number of nitrogens with zero attached hydrogens (tertiary/aromatic N) is 2. The summed E-state index contributed by atoms with van der Waals surface area (Å²) in [5.74, 6) is 1.90. The summed E-state index contributed by atoms with van der Waals surface area (Å²) in [7, 11) is 5.08. The maximum Gasteiger partial charge on any atom is 0.247 e. The Kier molecular flexibility index (Phi) is 6.31. The fourth-order valence-corrected chi connectivity index (χ4v) is 3.81. The van der Waals surface area contributed by atoms with Crippen LogP contribution in [0.2, 0.25) is 0 Å². The van der Waals surface area contributed by atoms with Crippen molar-refractivity contribution in [2.45, 2.75) is 19.4 Å². The van der Waals surface area contributed by atoms with Crippen molar-refractivity contribution in [3.8, 4) is 5.75 Å². The number of likely N-dealkylation sites (N-methyl/N-ethyl adjacent to an activating group) is 1. The zero-order chi connectivity index (χ0) is 17.7. The van der Waals surface area contributed by atoms with Crippen molar-refractivity contribution >= 4 is 23.6 Å². The van der Waals surface area contributed by atoms with E-state index in [1.807, 2.05) is 31.2 Å². The Hall–Kier alpha value is -1.95. The van der Waals surface area contributed by atoms with Gasteiger partial charge in [0, 0.05) is 25.9 Å². The van der Waals surface area contributed by atoms with E-state index in [1.54, 1.807) is 48.8 Å². The van der Waals surface area contributed by atoms with Crippen LogP contribution in [0, 0.1) is 0 Å². The van der Waals surface area contributed by atoms with Crippen molar-refractivity contribution in [2.75, 3.05) is 32.8 Å². The third-order valence-electron chi connectivity index (χ3n) is 3.92. The second-order valence-electron chi connectivity index (χ2n) is 6.04. The first-order valence-electron chi connectivity index (χ1n) is 7.82. The second-order valence-corrected chi connectivity index (χ2v) is 7.04. The average molecular weight is 348 g/mol. The average Bonchev–Trinajstić information content (AvgIpc) is 3.04. The summed E-state index contributed by atoms with van der Waals surface area (Å²) in [6, 6.07) is 7.41. The third-order valence-corrected chi connectivity index (χ3v) is 4.94. The zero-order valence-corrected chi connectivity index (χ0v) is 15.4. The number of rotatable bonds is 5. The monoisotopic (exact) mass is 348 g/mol. The van der Waals surface area contributed by atoms with Crippen molar-refractivity contribution in [3.63, 3.8) is 0 Å². The lowest BCUT2D eigenvalue weighted by atomic mass is 10.0. The van der Waals surface area contributed by atoms with E-state index in [9.17, 15) is 9.59 Å². The van der Waals surface area contributed by atoms with Crippen LogP contribution in [0.3, 0.4) is 0 Å². The molecule has 1 heterocycles. The molecule has 1 aromatic carbocycles. The van der Waals surface area contributed by atoms with Crippen molar-refractivity contribution in [2.24, 2.45) is 0 Å². The summed E-state index contributed by atoms with van der Waals surface area (Å²) >= 11 is 1.61. The number of ether oxygens (including phenoxy) is 1. The van der Waals surface area contributed by atoms with Crippen LogP contribution in [0.25, 0.3) is 0 Å².